The van der Waals surface area contributed by atoms with Crippen molar-refractivity contribution in [2.45, 2.75) is 25.8 Å². The van der Waals surface area contributed by atoms with Crippen LogP contribution in [0.1, 0.15) is 19.8 Å². The SMILES string of the molecule is CC(NCCS(C)(=O)=O)C1CCN(C)CC1. The Morgan fingerprint density at radius 2 is 1.94 bits per heavy atom. The third-order valence-corrected chi connectivity index (χ3v) is 4.36. The van der Waals surface area contributed by atoms with Gasteiger partial charge in [-0.15, -0.1) is 0 Å². The molecular weight excluding hydrogens is 224 g/mol. The van der Waals surface area contributed by atoms with Gasteiger partial charge in [0.05, 0.1) is 5.75 Å². The van der Waals surface area contributed by atoms with Gasteiger partial charge in [-0.25, -0.2) is 8.42 Å². The minimum atomic E-state index is -2.83. The first kappa shape index (κ1) is 13.9. The van der Waals surface area contributed by atoms with Gasteiger partial charge in [0.2, 0.25) is 0 Å². The molecule has 1 aliphatic heterocycles. The molecule has 96 valence electrons. The molecule has 0 aromatic rings. The van der Waals surface area contributed by atoms with E-state index in [1.165, 1.54) is 19.1 Å². The van der Waals surface area contributed by atoms with Crippen LogP contribution >= 0.6 is 0 Å². The van der Waals surface area contributed by atoms with Gasteiger partial charge in [-0.1, -0.05) is 0 Å². The molecule has 0 bridgehead atoms. The standard InChI is InChI=1S/C11H24N2O2S/c1-10(12-6-9-16(3,14)15)11-4-7-13(2)8-5-11/h10-12H,4-9H2,1-3H3. The topological polar surface area (TPSA) is 49.4 Å². The van der Waals surface area contributed by atoms with Crippen LogP contribution in [0.5, 0.6) is 0 Å². The minimum absolute atomic E-state index is 0.240. The zero-order valence-corrected chi connectivity index (χ0v) is 11.4. The Hall–Kier alpha value is -0.130. The maximum atomic E-state index is 11.0. The second kappa shape index (κ2) is 5.98. The van der Waals surface area contributed by atoms with E-state index in [0.29, 0.717) is 18.5 Å². The molecule has 1 heterocycles. The second-order valence-electron chi connectivity index (χ2n) is 5.01. The molecule has 0 spiro atoms. The first-order chi connectivity index (χ1) is 7.38. The smallest absolute Gasteiger partial charge is 0.148 e. The van der Waals surface area contributed by atoms with E-state index in [0.717, 1.165) is 13.1 Å². The van der Waals surface area contributed by atoms with Gasteiger partial charge in [0.25, 0.3) is 0 Å². The molecule has 1 saturated heterocycles. The van der Waals surface area contributed by atoms with E-state index in [1.54, 1.807) is 0 Å². The van der Waals surface area contributed by atoms with Crippen LogP contribution in [0.15, 0.2) is 0 Å². The molecule has 0 radical (unpaired) electrons. The third-order valence-electron chi connectivity index (χ3n) is 3.41. The highest BCUT2D eigenvalue weighted by molar-refractivity contribution is 7.90. The molecule has 0 aromatic carbocycles. The van der Waals surface area contributed by atoms with Gasteiger partial charge >= 0.3 is 0 Å². The molecule has 0 amide bonds. The van der Waals surface area contributed by atoms with Gasteiger partial charge in [-0.05, 0) is 45.8 Å². The van der Waals surface area contributed by atoms with Crippen LogP contribution in [0.2, 0.25) is 0 Å². The summed E-state index contributed by atoms with van der Waals surface area (Å²) in [6.07, 6.45) is 3.71. The van der Waals surface area contributed by atoms with Gasteiger partial charge in [0, 0.05) is 18.8 Å². The normalized spacial score (nSPS) is 22.2. The predicted molar refractivity (Wildman–Crippen MR) is 67.4 cm³/mol. The van der Waals surface area contributed by atoms with Crippen LogP contribution in [-0.4, -0.2) is 58.1 Å². The summed E-state index contributed by atoms with van der Waals surface area (Å²) in [5, 5.41) is 3.33. The highest BCUT2D eigenvalue weighted by Crippen LogP contribution is 2.19. The molecule has 5 heteroatoms. The fourth-order valence-electron chi connectivity index (χ4n) is 2.17. The van der Waals surface area contributed by atoms with Crippen molar-refractivity contribution in [3.05, 3.63) is 0 Å². The lowest BCUT2D eigenvalue weighted by Gasteiger charge is -2.33. The Kier molecular flexibility index (Phi) is 5.21. The van der Waals surface area contributed by atoms with Crippen LogP contribution in [0.3, 0.4) is 0 Å². The summed E-state index contributed by atoms with van der Waals surface area (Å²) in [5.41, 5.74) is 0. The quantitative estimate of drug-likeness (QED) is 0.763. The van der Waals surface area contributed by atoms with Gasteiger partial charge in [0.15, 0.2) is 0 Å². The highest BCUT2D eigenvalue weighted by atomic mass is 32.2. The van der Waals surface area contributed by atoms with Crippen molar-refractivity contribution in [1.82, 2.24) is 10.2 Å². The van der Waals surface area contributed by atoms with Crippen LogP contribution in [0.25, 0.3) is 0 Å². The van der Waals surface area contributed by atoms with Crippen molar-refractivity contribution in [3.8, 4) is 0 Å². The summed E-state index contributed by atoms with van der Waals surface area (Å²) in [5.74, 6) is 0.931. The number of sulfone groups is 1. The lowest BCUT2D eigenvalue weighted by molar-refractivity contribution is 0.191. The average molecular weight is 248 g/mol. The van der Waals surface area contributed by atoms with Gasteiger partial charge in [0.1, 0.15) is 9.84 Å². The summed E-state index contributed by atoms with van der Waals surface area (Å²) < 4.78 is 22.0. The summed E-state index contributed by atoms with van der Waals surface area (Å²) in [4.78, 5) is 2.35. The Morgan fingerprint density at radius 1 is 1.38 bits per heavy atom. The van der Waals surface area contributed by atoms with Crippen molar-refractivity contribution in [2.24, 2.45) is 5.92 Å². The van der Waals surface area contributed by atoms with Gasteiger partial charge in [-0.3, -0.25) is 0 Å². The fourth-order valence-corrected chi connectivity index (χ4v) is 2.66. The molecule has 0 aromatic heterocycles. The number of nitrogens with one attached hydrogen (secondary N) is 1. The number of hydrogen-bond acceptors (Lipinski definition) is 4. The monoisotopic (exact) mass is 248 g/mol. The molecule has 1 unspecified atom stereocenters. The van der Waals surface area contributed by atoms with E-state index in [9.17, 15) is 8.42 Å². The van der Waals surface area contributed by atoms with Crippen molar-refractivity contribution in [3.63, 3.8) is 0 Å². The Labute approximate surface area is 99.3 Å². The predicted octanol–water partition coefficient (Wildman–Crippen LogP) is 0.351. The van der Waals surface area contributed by atoms with E-state index in [2.05, 4.69) is 24.2 Å². The number of nitrogens with zero attached hydrogens (tertiary/aromatic N) is 1. The van der Waals surface area contributed by atoms with Crippen LogP contribution in [-0.2, 0) is 9.84 Å². The third kappa shape index (κ3) is 5.27. The van der Waals surface area contributed by atoms with Crippen LogP contribution in [0, 0.1) is 5.92 Å². The summed E-state index contributed by atoms with van der Waals surface area (Å²) in [7, 11) is -0.679. The molecule has 4 nitrogen and oxygen atoms in total. The molecule has 16 heavy (non-hydrogen) atoms. The van der Waals surface area contributed by atoms with E-state index < -0.39 is 9.84 Å². The van der Waals surface area contributed by atoms with Gasteiger partial charge < -0.3 is 10.2 Å². The minimum Gasteiger partial charge on any atom is -0.313 e. The van der Waals surface area contributed by atoms with Crippen LogP contribution in [0.4, 0.5) is 0 Å². The molecule has 1 fully saturated rings. The summed E-state index contributed by atoms with van der Waals surface area (Å²) in [6.45, 7) is 5.05. The maximum absolute atomic E-state index is 11.0. The van der Waals surface area contributed by atoms with E-state index in [1.807, 2.05) is 0 Å². The first-order valence-electron chi connectivity index (χ1n) is 5.98. The van der Waals surface area contributed by atoms with Crippen molar-refractivity contribution < 1.29 is 8.42 Å². The van der Waals surface area contributed by atoms with Crippen molar-refractivity contribution in [2.75, 3.05) is 38.7 Å². The Morgan fingerprint density at radius 3 is 2.44 bits per heavy atom. The molecule has 1 N–H and O–H groups in total. The maximum Gasteiger partial charge on any atom is 0.148 e. The zero-order chi connectivity index (χ0) is 12.2. The first-order valence-corrected chi connectivity index (χ1v) is 8.04. The second-order valence-corrected chi connectivity index (χ2v) is 7.27. The lowest BCUT2D eigenvalue weighted by Crippen LogP contribution is -2.41. The van der Waals surface area contributed by atoms with Gasteiger partial charge in [-0.2, -0.15) is 0 Å². The largest absolute Gasteiger partial charge is 0.313 e. The number of piperidine rings is 1. The van der Waals surface area contributed by atoms with E-state index >= 15 is 0 Å². The van der Waals surface area contributed by atoms with E-state index in [4.69, 9.17) is 0 Å². The summed E-state index contributed by atoms with van der Waals surface area (Å²) >= 11 is 0. The Balaban J connectivity index is 2.22. The van der Waals surface area contributed by atoms with E-state index in [-0.39, 0.29) is 5.75 Å². The molecule has 0 saturated carbocycles. The lowest BCUT2D eigenvalue weighted by atomic mass is 9.90. The zero-order valence-electron chi connectivity index (χ0n) is 10.6. The average Bonchev–Trinajstić information content (AvgIpc) is 2.16. The van der Waals surface area contributed by atoms with Crippen molar-refractivity contribution in [1.29, 1.82) is 0 Å². The van der Waals surface area contributed by atoms with Crippen LogP contribution < -0.4 is 5.32 Å². The molecule has 1 rings (SSSR count). The van der Waals surface area contributed by atoms with Crippen molar-refractivity contribution >= 4 is 9.84 Å². The summed E-state index contributed by atoms with van der Waals surface area (Å²) in [6, 6.07) is 0.426. The highest BCUT2D eigenvalue weighted by Gasteiger charge is 2.21. The molecular formula is C11H24N2O2S. The number of likely N-dealkylation sites (tertiary alicyclic amines) is 1. The number of hydrogen-bond donors (Lipinski definition) is 1. The molecule has 1 aliphatic rings. The Bertz CT molecular complexity index is 295. The fraction of sp³-hybridized carbons (Fsp3) is 1.00. The number of rotatable bonds is 5. The molecule has 1 atom stereocenters. The molecule has 0 aliphatic carbocycles.